The molecule has 1 N–H and O–H groups in total. The summed E-state index contributed by atoms with van der Waals surface area (Å²) in [6.07, 6.45) is 1.50. The third kappa shape index (κ3) is 1.83. The van der Waals surface area contributed by atoms with E-state index in [4.69, 9.17) is 0 Å². The van der Waals surface area contributed by atoms with Gasteiger partial charge in [-0.05, 0) is 0 Å². The lowest BCUT2D eigenvalue weighted by Crippen LogP contribution is -1.80. The maximum absolute atomic E-state index is 4.15. The summed E-state index contributed by atoms with van der Waals surface area (Å²) in [6.45, 7) is 0. The fourth-order valence-corrected chi connectivity index (χ4v) is 2.06. The van der Waals surface area contributed by atoms with Crippen molar-refractivity contribution in [3.8, 4) is 0 Å². The molecule has 0 spiro atoms. The van der Waals surface area contributed by atoms with Crippen molar-refractivity contribution in [3.63, 3.8) is 0 Å². The Hall–Kier alpha value is -0.880. The third-order valence-electron chi connectivity index (χ3n) is 1.23. The van der Waals surface area contributed by atoms with E-state index >= 15 is 0 Å². The summed E-state index contributed by atoms with van der Waals surface area (Å²) >= 11 is 3.21. The van der Waals surface area contributed by atoms with Gasteiger partial charge in [-0.2, -0.15) is 5.10 Å². The minimum absolute atomic E-state index is 0.836. The number of thioether (sulfide) groups is 1. The van der Waals surface area contributed by atoms with Crippen LogP contribution >= 0.6 is 23.1 Å². The Morgan fingerprint density at radius 2 is 2.50 bits per heavy atom. The number of hydrogen-bond donors (Lipinski definition) is 1. The average Bonchev–Trinajstić information content (AvgIpc) is 2.74. The Kier molecular flexibility index (Phi) is 2.38. The Balaban J connectivity index is 1.91. The molecule has 0 radical (unpaired) electrons. The van der Waals surface area contributed by atoms with Crippen molar-refractivity contribution in [3.05, 3.63) is 22.9 Å². The van der Waals surface area contributed by atoms with Gasteiger partial charge in [0.15, 0.2) is 5.16 Å². The molecule has 0 bridgehead atoms. The maximum atomic E-state index is 4.15. The quantitative estimate of drug-likeness (QED) is 0.760. The Bertz CT molecular complexity index is 281. The Morgan fingerprint density at radius 3 is 3.17 bits per heavy atom. The van der Waals surface area contributed by atoms with Gasteiger partial charge in [0.05, 0.1) is 11.2 Å². The van der Waals surface area contributed by atoms with Gasteiger partial charge in [0.25, 0.3) is 0 Å². The molecule has 2 rings (SSSR count). The lowest BCUT2D eigenvalue weighted by atomic mass is 10.6. The van der Waals surface area contributed by atoms with E-state index in [2.05, 4.69) is 20.2 Å². The van der Waals surface area contributed by atoms with Gasteiger partial charge in [0.1, 0.15) is 6.33 Å². The van der Waals surface area contributed by atoms with Crippen molar-refractivity contribution < 1.29 is 0 Å². The Morgan fingerprint density at radius 1 is 1.50 bits per heavy atom. The number of rotatable bonds is 3. The van der Waals surface area contributed by atoms with Crippen molar-refractivity contribution >= 4 is 23.1 Å². The van der Waals surface area contributed by atoms with E-state index in [0.29, 0.717) is 0 Å². The van der Waals surface area contributed by atoms with Gasteiger partial charge < -0.3 is 0 Å². The molecule has 0 saturated heterocycles. The molecular weight excluding hydrogens is 192 g/mol. The second-order valence-corrected chi connectivity index (χ2v) is 3.74. The summed E-state index contributed by atoms with van der Waals surface area (Å²) in [7, 11) is 0. The fraction of sp³-hybridized carbons (Fsp3) is 0.167. The largest absolute Gasteiger partial charge is 0.254 e. The summed E-state index contributed by atoms with van der Waals surface area (Å²) in [6, 6.07) is 0. The van der Waals surface area contributed by atoms with Crippen LogP contribution in [0.15, 0.2) is 22.4 Å². The summed E-state index contributed by atoms with van der Waals surface area (Å²) in [5, 5.41) is 9.39. The summed E-state index contributed by atoms with van der Waals surface area (Å²) in [5.41, 5.74) is 2.91. The molecule has 6 heteroatoms. The highest BCUT2D eigenvalue weighted by atomic mass is 32.2. The highest BCUT2D eigenvalue weighted by molar-refractivity contribution is 7.98. The molecule has 2 aromatic rings. The van der Waals surface area contributed by atoms with Crippen molar-refractivity contribution in [2.24, 2.45) is 0 Å². The standard InChI is InChI=1S/C6H6N4S2/c1-5(8-4-11-1)2-12-6-7-3-9-10-6/h1,3-4H,2H2,(H,7,9,10). The molecule has 0 saturated carbocycles. The first-order valence-corrected chi connectivity index (χ1v) is 5.23. The van der Waals surface area contributed by atoms with Crippen LogP contribution in [0.3, 0.4) is 0 Å². The second kappa shape index (κ2) is 3.68. The molecule has 0 atom stereocenters. The lowest BCUT2D eigenvalue weighted by molar-refractivity contribution is 0.972. The van der Waals surface area contributed by atoms with Gasteiger partial charge in [0.2, 0.25) is 0 Å². The van der Waals surface area contributed by atoms with E-state index in [1.54, 1.807) is 23.1 Å². The molecule has 0 amide bonds. The highest BCUT2D eigenvalue weighted by Gasteiger charge is 1.98. The van der Waals surface area contributed by atoms with Crippen LogP contribution in [0.1, 0.15) is 5.69 Å². The van der Waals surface area contributed by atoms with Crippen LogP contribution in [0.2, 0.25) is 0 Å². The number of aromatic amines is 1. The predicted octanol–water partition coefficient (Wildman–Crippen LogP) is 1.55. The summed E-state index contributed by atoms with van der Waals surface area (Å²) < 4.78 is 0. The lowest BCUT2D eigenvalue weighted by Gasteiger charge is -1.91. The molecule has 0 unspecified atom stereocenters. The molecule has 0 fully saturated rings. The number of nitrogens with zero attached hydrogens (tertiary/aromatic N) is 3. The SMILES string of the molecule is c1n[nH]c(SCc2cscn2)n1. The van der Waals surface area contributed by atoms with Gasteiger partial charge in [-0.15, -0.1) is 11.3 Å². The van der Waals surface area contributed by atoms with E-state index in [-0.39, 0.29) is 0 Å². The third-order valence-corrected chi connectivity index (χ3v) is 2.78. The molecule has 0 aliphatic rings. The molecule has 0 aliphatic carbocycles. The molecule has 0 aromatic carbocycles. The van der Waals surface area contributed by atoms with E-state index in [0.717, 1.165) is 16.6 Å². The molecule has 2 heterocycles. The fourth-order valence-electron chi connectivity index (χ4n) is 0.715. The summed E-state index contributed by atoms with van der Waals surface area (Å²) in [5.74, 6) is 0.846. The molecule has 4 nitrogen and oxygen atoms in total. The van der Waals surface area contributed by atoms with Crippen molar-refractivity contribution in [1.29, 1.82) is 0 Å². The van der Waals surface area contributed by atoms with Gasteiger partial charge >= 0.3 is 0 Å². The zero-order valence-electron chi connectivity index (χ0n) is 6.10. The number of nitrogens with one attached hydrogen (secondary N) is 1. The van der Waals surface area contributed by atoms with Gasteiger partial charge in [0, 0.05) is 11.1 Å². The zero-order chi connectivity index (χ0) is 8.23. The van der Waals surface area contributed by atoms with Crippen LogP contribution < -0.4 is 0 Å². The summed E-state index contributed by atoms with van der Waals surface area (Å²) in [4.78, 5) is 8.14. The first kappa shape index (κ1) is 7.75. The van der Waals surface area contributed by atoms with Gasteiger partial charge in [-0.25, -0.2) is 9.97 Å². The first-order valence-electron chi connectivity index (χ1n) is 3.30. The van der Waals surface area contributed by atoms with Crippen LogP contribution in [0.5, 0.6) is 0 Å². The molecule has 2 aromatic heterocycles. The second-order valence-electron chi connectivity index (χ2n) is 2.06. The van der Waals surface area contributed by atoms with Crippen molar-refractivity contribution in [2.45, 2.75) is 10.9 Å². The molecule has 62 valence electrons. The minimum atomic E-state index is 0.836. The zero-order valence-corrected chi connectivity index (χ0v) is 7.73. The van der Waals surface area contributed by atoms with E-state index < -0.39 is 0 Å². The van der Waals surface area contributed by atoms with Gasteiger partial charge in [-0.3, -0.25) is 5.10 Å². The van der Waals surface area contributed by atoms with Crippen molar-refractivity contribution in [1.82, 2.24) is 20.2 Å². The predicted molar refractivity (Wildman–Crippen MR) is 48.1 cm³/mol. The minimum Gasteiger partial charge on any atom is -0.254 e. The average molecular weight is 198 g/mol. The smallest absolute Gasteiger partial charge is 0.183 e. The highest BCUT2D eigenvalue weighted by Crippen LogP contribution is 2.17. The number of H-pyrrole nitrogens is 1. The van der Waals surface area contributed by atoms with E-state index in [9.17, 15) is 0 Å². The van der Waals surface area contributed by atoms with Crippen LogP contribution in [-0.4, -0.2) is 20.2 Å². The van der Waals surface area contributed by atoms with E-state index in [1.807, 2.05) is 10.9 Å². The molecule has 0 aliphatic heterocycles. The van der Waals surface area contributed by atoms with Crippen LogP contribution in [-0.2, 0) is 5.75 Å². The number of aromatic nitrogens is 4. The number of thiazole rings is 1. The van der Waals surface area contributed by atoms with Crippen LogP contribution in [0.25, 0.3) is 0 Å². The van der Waals surface area contributed by atoms with Crippen LogP contribution in [0, 0.1) is 0 Å². The topological polar surface area (TPSA) is 54.5 Å². The number of hydrogen-bond acceptors (Lipinski definition) is 5. The van der Waals surface area contributed by atoms with Crippen molar-refractivity contribution in [2.75, 3.05) is 0 Å². The Labute approximate surface area is 77.5 Å². The maximum Gasteiger partial charge on any atom is 0.183 e. The normalized spacial score (nSPS) is 10.3. The van der Waals surface area contributed by atoms with Crippen LogP contribution in [0.4, 0.5) is 0 Å². The van der Waals surface area contributed by atoms with Gasteiger partial charge in [-0.1, -0.05) is 11.8 Å². The monoisotopic (exact) mass is 198 g/mol. The van der Waals surface area contributed by atoms with E-state index in [1.165, 1.54) is 6.33 Å². The molecular formula is C6H6N4S2. The molecule has 12 heavy (non-hydrogen) atoms. The first-order chi connectivity index (χ1) is 5.95.